The van der Waals surface area contributed by atoms with Crippen molar-refractivity contribution in [3.05, 3.63) is 0 Å². The predicted octanol–water partition coefficient (Wildman–Crippen LogP) is -1.22. The maximum absolute atomic E-state index is 11.1. The second-order valence-corrected chi connectivity index (χ2v) is 3.57. The summed E-state index contributed by atoms with van der Waals surface area (Å²) in [5.74, 6) is -4.14. The molecule has 0 unspecified atom stereocenters. The van der Waals surface area contributed by atoms with E-state index in [0.717, 1.165) is 0 Å². The lowest BCUT2D eigenvalue weighted by Gasteiger charge is -2.13. The average Bonchev–Trinajstić information content (AvgIpc) is 2.30. The summed E-state index contributed by atoms with van der Waals surface area (Å²) in [6, 6.07) is -1.23. The molecule has 18 heavy (non-hydrogen) atoms. The molecule has 0 aromatic rings. The van der Waals surface area contributed by atoms with Crippen LogP contribution in [0.5, 0.6) is 0 Å². The second-order valence-electron chi connectivity index (χ2n) is 3.30. The van der Waals surface area contributed by atoms with Gasteiger partial charge in [-0.2, -0.15) is 0 Å². The Labute approximate surface area is 107 Å². The first-order valence-electron chi connectivity index (χ1n) is 4.93. The molecule has 9 heteroatoms. The van der Waals surface area contributed by atoms with Crippen LogP contribution in [0.1, 0.15) is 12.8 Å². The first-order valence-corrected chi connectivity index (χ1v) is 5.47. The Morgan fingerprint density at radius 2 is 1.72 bits per heavy atom. The number of amides is 2. The summed E-state index contributed by atoms with van der Waals surface area (Å²) in [5.41, 5.74) is 0. The monoisotopic (exact) mass is 280 g/mol. The second kappa shape index (κ2) is 8.29. The lowest BCUT2D eigenvalue weighted by Crippen LogP contribution is -2.42. The highest BCUT2D eigenvalue weighted by Gasteiger charge is 2.20. The van der Waals surface area contributed by atoms with Crippen molar-refractivity contribution >= 4 is 35.4 Å². The minimum absolute atomic E-state index is 0.149. The number of hydrogen-bond acceptors (Lipinski definition) is 4. The number of carbonyl (C=O) groups is 4. The molecule has 0 radical (unpaired) electrons. The fourth-order valence-corrected chi connectivity index (χ4v) is 1.11. The molecule has 0 rings (SSSR count). The van der Waals surface area contributed by atoms with E-state index in [-0.39, 0.29) is 18.7 Å². The van der Waals surface area contributed by atoms with Gasteiger partial charge >= 0.3 is 11.9 Å². The van der Waals surface area contributed by atoms with E-state index < -0.39 is 36.3 Å². The van der Waals surface area contributed by atoms with Gasteiger partial charge in [-0.3, -0.25) is 14.4 Å². The molecule has 0 spiro atoms. The SMILES string of the molecule is O=C(O)CNC(=O)CC[C@H](NC(=O)CCl)C(=O)O. The number of carboxylic acid groups (broad SMARTS) is 2. The van der Waals surface area contributed by atoms with Crippen LogP contribution in [-0.2, 0) is 19.2 Å². The van der Waals surface area contributed by atoms with Crippen molar-refractivity contribution in [3.63, 3.8) is 0 Å². The lowest BCUT2D eigenvalue weighted by atomic mass is 10.1. The van der Waals surface area contributed by atoms with E-state index in [1.165, 1.54) is 0 Å². The highest BCUT2D eigenvalue weighted by Crippen LogP contribution is 1.98. The zero-order valence-electron chi connectivity index (χ0n) is 9.31. The molecule has 0 heterocycles. The Morgan fingerprint density at radius 3 is 2.17 bits per heavy atom. The van der Waals surface area contributed by atoms with E-state index >= 15 is 0 Å². The molecule has 4 N–H and O–H groups in total. The smallest absolute Gasteiger partial charge is 0.326 e. The van der Waals surface area contributed by atoms with E-state index in [9.17, 15) is 19.2 Å². The summed E-state index contributed by atoms with van der Waals surface area (Å²) in [4.78, 5) is 42.9. The molecule has 0 bridgehead atoms. The van der Waals surface area contributed by atoms with Gasteiger partial charge in [0.25, 0.3) is 0 Å². The Hall–Kier alpha value is -1.83. The van der Waals surface area contributed by atoms with Gasteiger partial charge in [0.05, 0.1) is 0 Å². The lowest BCUT2D eigenvalue weighted by molar-refractivity contribution is -0.142. The number of carbonyl (C=O) groups excluding carboxylic acids is 2. The van der Waals surface area contributed by atoms with Crippen molar-refractivity contribution in [3.8, 4) is 0 Å². The molecule has 2 amide bonds. The third-order valence-electron chi connectivity index (χ3n) is 1.85. The summed E-state index contributed by atoms with van der Waals surface area (Å²) in [5, 5.41) is 21.3. The number of alkyl halides is 1. The standard InChI is InChI=1S/C9H13ClN2O6/c10-3-7(14)12-5(9(17)18)1-2-6(13)11-4-8(15)16/h5H,1-4H2,(H,11,13)(H,12,14)(H,15,16)(H,17,18)/t5-/m0/s1. The summed E-state index contributed by atoms with van der Waals surface area (Å²) >= 11 is 5.20. The van der Waals surface area contributed by atoms with Gasteiger partial charge in [-0.15, -0.1) is 11.6 Å². The Balaban J connectivity index is 4.11. The maximum Gasteiger partial charge on any atom is 0.326 e. The van der Waals surface area contributed by atoms with Gasteiger partial charge in [0, 0.05) is 6.42 Å². The Kier molecular flexibility index (Phi) is 7.45. The third-order valence-corrected chi connectivity index (χ3v) is 2.09. The van der Waals surface area contributed by atoms with Gasteiger partial charge in [-0.25, -0.2) is 4.79 Å². The number of nitrogens with one attached hydrogen (secondary N) is 2. The van der Waals surface area contributed by atoms with Crippen molar-refractivity contribution in [2.24, 2.45) is 0 Å². The minimum atomic E-state index is -1.29. The minimum Gasteiger partial charge on any atom is -0.480 e. The first-order chi connectivity index (χ1) is 8.36. The molecule has 8 nitrogen and oxygen atoms in total. The van der Waals surface area contributed by atoms with Crippen LogP contribution in [-0.4, -0.2) is 52.4 Å². The van der Waals surface area contributed by atoms with Gasteiger partial charge in [-0.1, -0.05) is 0 Å². The Bertz CT molecular complexity index is 346. The topological polar surface area (TPSA) is 133 Å². The fraction of sp³-hybridized carbons (Fsp3) is 0.556. The number of hydrogen-bond donors (Lipinski definition) is 4. The molecule has 0 aliphatic heterocycles. The van der Waals surface area contributed by atoms with E-state index in [1.54, 1.807) is 0 Å². The third kappa shape index (κ3) is 7.44. The fourth-order valence-electron chi connectivity index (χ4n) is 1.03. The van der Waals surface area contributed by atoms with Crippen LogP contribution in [0.2, 0.25) is 0 Å². The largest absolute Gasteiger partial charge is 0.480 e. The molecule has 0 aliphatic carbocycles. The normalized spacial score (nSPS) is 11.4. The van der Waals surface area contributed by atoms with Crippen molar-refractivity contribution in [2.45, 2.75) is 18.9 Å². The zero-order chi connectivity index (χ0) is 14.1. The van der Waals surface area contributed by atoms with Gasteiger partial charge in [0.2, 0.25) is 11.8 Å². The molecule has 102 valence electrons. The van der Waals surface area contributed by atoms with Crippen LogP contribution in [0.15, 0.2) is 0 Å². The molecule has 0 aromatic carbocycles. The van der Waals surface area contributed by atoms with Crippen LogP contribution >= 0.6 is 11.6 Å². The van der Waals surface area contributed by atoms with Crippen LogP contribution in [0, 0.1) is 0 Å². The number of aliphatic carboxylic acids is 2. The van der Waals surface area contributed by atoms with Crippen molar-refractivity contribution in [2.75, 3.05) is 12.4 Å². The van der Waals surface area contributed by atoms with Gasteiger partial charge in [0.15, 0.2) is 0 Å². The highest BCUT2D eigenvalue weighted by molar-refractivity contribution is 6.27. The van der Waals surface area contributed by atoms with E-state index in [0.29, 0.717) is 0 Å². The number of rotatable bonds is 8. The molecule has 0 aromatic heterocycles. The van der Waals surface area contributed by atoms with Gasteiger partial charge in [-0.05, 0) is 6.42 Å². The summed E-state index contributed by atoms with van der Waals surface area (Å²) in [6.45, 7) is -0.537. The number of carboxylic acids is 2. The van der Waals surface area contributed by atoms with Crippen LogP contribution < -0.4 is 10.6 Å². The molecule has 1 atom stereocenters. The quantitative estimate of drug-likeness (QED) is 0.412. The van der Waals surface area contributed by atoms with Crippen LogP contribution in [0.4, 0.5) is 0 Å². The van der Waals surface area contributed by atoms with Crippen LogP contribution in [0.25, 0.3) is 0 Å². The number of halogens is 1. The molecule has 0 fully saturated rings. The molecule has 0 saturated heterocycles. The van der Waals surface area contributed by atoms with Crippen molar-refractivity contribution < 1.29 is 29.4 Å². The first kappa shape index (κ1) is 16.2. The van der Waals surface area contributed by atoms with E-state index in [1.807, 2.05) is 0 Å². The average molecular weight is 281 g/mol. The molecular formula is C9H13ClN2O6. The summed E-state index contributed by atoms with van der Waals surface area (Å²) < 4.78 is 0. The van der Waals surface area contributed by atoms with Crippen molar-refractivity contribution in [1.29, 1.82) is 0 Å². The van der Waals surface area contributed by atoms with Crippen molar-refractivity contribution in [1.82, 2.24) is 10.6 Å². The predicted molar refractivity (Wildman–Crippen MR) is 60.2 cm³/mol. The maximum atomic E-state index is 11.1. The van der Waals surface area contributed by atoms with Gasteiger partial charge in [0.1, 0.15) is 18.5 Å². The molecule has 0 saturated carbocycles. The molecule has 0 aliphatic rings. The molecular weight excluding hydrogens is 268 g/mol. The highest BCUT2D eigenvalue weighted by atomic mass is 35.5. The Morgan fingerprint density at radius 1 is 1.11 bits per heavy atom. The summed E-state index contributed by atoms with van der Waals surface area (Å²) in [6.07, 6.45) is -0.365. The van der Waals surface area contributed by atoms with E-state index in [2.05, 4.69) is 10.6 Å². The van der Waals surface area contributed by atoms with E-state index in [4.69, 9.17) is 21.8 Å². The van der Waals surface area contributed by atoms with Crippen LogP contribution in [0.3, 0.4) is 0 Å². The summed E-state index contributed by atoms with van der Waals surface area (Å²) in [7, 11) is 0. The zero-order valence-corrected chi connectivity index (χ0v) is 10.1. The van der Waals surface area contributed by atoms with Gasteiger partial charge < -0.3 is 20.8 Å².